The fraction of sp³-hybridized carbons (Fsp3) is 0.423. The van der Waals surface area contributed by atoms with E-state index in [-0.39, 0.29) is 23.9 Å². The first-order valence-corrected chi connectivity index (χ1v) is 11.3. The van der Waals surface area contributed by atoms with Gasteiger partial charge in [-0.15, -0.1) is 0 Å². The fourth-order valence-electron chi connectivity index (χ4n) is 3.38. The van der Waals surface area contributed by atoms with Crippen LogP contribution in [0.2, 0.25) is 0 Å². The first-order valence-electron chi connectivity index (χ1n) is 11.3. The van der Waals surface area contributed by atoms with Crippen LogP contribution in [0.3, 0.4) is 0 Å². The molecule has 0 bridgehead atoms. The molecule has 178 valence electrons. The van der Waals surface area contributed by atoms with E-state index in [2.05, 4.69) is 4.74 Å². The Balaban J connectivity index is 1.58. The Labute approximate surface area is 195 Å². The first-order chi connectivity index (χ1) is 16.1. The van der Waals surface area contributed by atoms with Crippen LogP contribution in [0.1, 0.15) is 71.7 Å². The molecule has 0 radical (unpaired) electrons. The summed E-state index contributed by atoms with van der Waals surface area (Å²) in [6.07, 6.45) is 5.83. The van der Waals surface area contributed by atoms with Gasteiger partial charge in [0.2, 0.25) is 0 Å². The van der Waals surface area contributed by atoms with Crippen molar-refractivity contribution in [3.8, 4) is 5.75 Å². The lowest BCUT2D eigenvalue weighted by Gasteiger charge is -2.09. The van der Waals surface area contributed by atoms with Gasteiger partial charge in [-0.1, -0.05) is 56.0 Å². The third-order valence-corrected chi connectivity index (χ3v) is 5.06. The normalized spacial score (nSPS) is 10.4. The molecule has 0 N–H and O–H groups in total. The quantitative estimate of drug-likeness (QED) is 0.164. The van der Waals surface area contributed by atoms with Crippen molar-refractivity contribution in [3.05, 3.63) is 65.2 Å². The van der Waals surface area contributed by atoms with Crippen molar-refractivity contribution < 1.29 is 33.3 Å². The van der Waals surface area contributed by atoms with E-state index in [1.54, 1.807) is 19.1 Å². The van der Waals surface area contributed by atoms with E-state index in [9.17, 15) is 14.4 Å². The SMILES string of the molecule is CCOC(=O)c1ccccc1CCCCCCCCOC(=O)Oc1ccccc1C(=O)OC. The molecule has 0 saturated heterocycles. The highest BCUT2D eigenvalue weighted by atomic mass is 16.7. The van der Waals surface area contributed by atoms with Crippen LogP contribution in [-0.2, 0) is 20.6 Å². The van der Waals surface area contributed by atoms with Gasteiger partial charge in [0.1, 0.15) is 11.3 Å². The van der Waals surface area contributed by atoms with Crippen molar-refractivity contribution in [1.82, 2.24) is 0 Å². The minimum atomic E-state index is -0.841. The van der Waals surface area contributed by atoms with Crippen LogP contribution in [0.5, 0.6) is 5.75 Å². The van der Waals surface area contributed by atoms with E-state index in [0.717, 1.165) is 50.5 Å². The third-order valence-electron chi connectivity index (χ3n) is 5.06. The molecule has 7 nitrogen and oxygen atoms in total. The number of rotatable bonds is 13. The Hall–Kier alpha value is -3.35. The zero-order valence-corrected chi connectivity index (χ0v) is 19.3. The number of esters is 2. The van der Waals surface area contributed by atoms with E-state index in [1.165, 1.54) is 19.2 Å². The second kappa shape index (κ2) is 14.7. The summed E-state index contributed by atoms with van der Waals surface area (Å²) in [7, 11) is 1.26. The summed E-state index contributed by atoms with van der Waals surface area (Å²) in [5.41, 5.74) is 1.84. The zero-order chi connectivity index (χ0) is 23.9. The molecule has 0 unspecified atom stereocenters. The number of methoxy groups -OCH3 is 1. The highest BCUT2D eigenvalue weighted by Gasteiger charge is 2.16. The lowest BCUT2D eigenvalue weighted by molar-refractivity contribution is 0.0523. The average Bonchev–Trinajstić information content (AvgIpc) is 2.83. The molecule has 0 aliphatic rings. The van der Waals surface area contributed by atoms with Gasteiger partial charge < -0.3 is 18.9 Å². The molecule has 0 aliphatic heterocycles. The Morgan fingerprint density at radius 2 is 1.36 bits per heavy atom. The number of para-hydroxylation sites is 1. The molecule has 7 heteroatoms. The van der Waals surface area contributed by atoms with Crippen molar-refractivity contribution in [2.45, 2.75) is 51.9 Å². The van der Waals surface area contributed by atoms with E-state index < -0.39 is 12.1 Å². The minimum Gasteiger partial charge on any atom is -0.465 e. The lowest BCUT2D eigenvalue weighted by Crippen LogP contribution is -2.14. The van der Waals surface area contributed by atoms with E-state index in [0.29, 0.717) is 12.2 Å². The predicted octanol–water partition coefficient (Wildman–Crippen LogP) is 5.75. The van der Waals surface area contributed by atoms with Gasteiger partial charge in [0.25, 0.3) is 0 Å². The summed E-state index contributed by atoms with van der Waals surface area (Å²) >= 11 is 0. The molecule has 0 aliphatic carbocycles. The number of aryl methyl sites for hydroxylation is 1. The number of carbonyl (C=O) groups excluding carboxylic acids is 3. The molecule has 2 aromatic rings. The predicted molar refractivity (Wildman–Crippen MR) is 124 cm³/mol. The maximum atomic E-state index is 12.0. The van der Waals surface area contributed by atoms with Gasteiger partial charge in [-0.3, -0.25) is 0 Å². The van der Waals surface area contributed by atoms with Gasteiger partial charge in [0, 0.05) is 0 Å². The summed E-state index contributed by atoms with van der Waals surface area (Å²) < 4.78 is 20.0. The van der Waals surface area contributed by atoms with Crippen molar-refractivity contribution in [3.63, 3.8) is 0 Å². The molecule has 2 aromatic carbocycles. The molecule has 0 spiro atoms. The Morgan fingerprint density at radius 3 is 2.09 bits per heavy atom. The lowest BCUT2D eigenvalue weighted by atomic mass is 10.0. The largest absolute Gasteiger partial charge is 0.513 e. The average molecular weight is 457 g/mol. The molecule has 2 rings (SSSR count). The standard InChI is InChI=1S/C26H32O7/c1-3-31-25(28)21-16-10-9-15-20(21)14-8-6-4-5-7-13-19-32-26(29)33-23-18-12-11-17-22(23)24(27)30-2/h9-12,15-18H,3-8,13-14,19H2,1-2H3. The first kappa shape index (κ1) is 25.9. The maximum Gasteiger partial charge on any atom is 0.513 e. The van der Waals surface area contributed by atoms with Crippen LogP contribution in [-0.4, -0.2) is 38.4 Å². The summed E-state index contributed by atoms with van der Waals surface area (Å²) in [5, 5.41) is 0. The maximum absolute atomic E-state index is 12.0. The highest BCUT2D eigenvalue weighted by molar-refractivity contribution is 5.93. The smallest absolute Gasteiger partial charge is 0.465 e. The van der Waals surface area contributed by atoms with Gasteiger partial charge in [-0.05, 0) is 49.9 Å². The highest BCUT2D eigenvalue weighted by Crippen LogP contribution is 2.19. The van der Waals surface area contributed by atoms with Crippen LogP contribution in [0.4, 0.5) is 4.79 Å². The third kappa shape index (κ3) is 8.96. The topological polar surface area (TPSA) is 88.1 Å². The number of carbonyl (C=O) groups is 3. The van der Waals surface area contributed by atoms with Crippen LogP contribution in [0, 0.1) is 0 Å². The number of benzene rings is 2. The Bertz CT molecular complexity index is 907. The molecule has 0 aromatic heterocycles. The second-order valence-corrected chi connectivity index (χ2v) is 7.44. The molecular weight excluding hydrogens is 424 g/mol. The molecule has 0 heterocycles. The van der Waals surface area contributed by atoms with Gasteiger partial charge in [0.15, 0.2) is 0 Å². The summed E-state index contributed by atoms with van der Waals surface area (Å²) in [6, 6.07) is 13.9. The molecule has 33 heavy (non-hydrogen) atoms. The van der Waals surface area contributed by atoms with Crippen molar-refractivity contribution >= 4 is 18.1 Å². The van der Waals surface area contributed by atoms with Gasteiger partial charge in [0.05, 0.1) is 25.9 Å². The van der Waals surface area contributed by atoms with Crippen LogP contribution >= 0.6 is 0 Å². The Kier molecular flexibility index (Phi) is 11.5. The number of unbranched alkanes of at least 4 members (excludes halogenated alkanes) is 5. The Morgan fingerprint density at radius 1 is 0.727 bits per heavy atom. The summed E-state index contributed by atoms with van der Waals surface area (Å²) in [4.78, 5) is 35.6. The van der Waals surface area contributed by atoms with Crippen molar-refractivity contribution in [2.24, 2.45) is 0 Å². The zero-order valence-electron chi connectivity index (χ0n) is 19.3. The van der Waals surface area contributed by atoms with E-state index in [4.69, 9.17) is 14.2 Å². The van der Waals surface area contributed by atoms with E-state index >= 15 is 0 Å². The minimum absolute atomic E-state index is 0.110. The number of hydrogen-bond donors (Lipinski definition) is 0. The molecule has 0 atom stereocenters. The summed E-state index contributed by atoms with van der Waals surface area (Å²) in [5.74, 6) is -0.734. The van der Waals surface area contributed by atoms with Crippen LogP contribution in [0.15, 0.2) is 48.5 Å². The summed E-state index contributed by atoms with van der Waals surface area (Å²) in [6.45, 7) is 2.43. The van der Waals surface area contributed by atoms with Gasteiger partial charge in [-0.2, -0.15) is 0 Å². The number of ether oxygens (including phenoxy) is 4. The molecular formula is C26H32O7. The second-order valence-electron chi connectivity index (χ2n) is 7.44. The fourth-order valence-corrected chi connectivity index (χ4v) is 3.38. The van der Waals surface area contributed by atoms with Crippen molar-refractivity contribution in [2.75, 3.05) is 20.3 Å². The monoisotopic (exact) mass is 456 g/mol. The van der Waals surface area contributed by atoms with Gasteiger partial charge in [-0.25, -0.2) is 14.4 Å². The number of hydrogen-bond acceptors (Lipinski definition) is 7. The van der Waals surface area contributed by atoms with Crippen molar-refractivity contribution in [1.29, 1.82) is 0 Å². The molecule has 0 amide bonds. The van der Waals surface area contributed by atoms with E-state index in [1.807, 2.05) is 24.3 Å². The molecule has 0 saturated carbocycles. The van der Waals surface area contributed by atoms with Crippen LogP contribution < -0.4 is 4.74 Å². The molecule has 0 fully saturated rings. The van der Waals surface area contributed by atoms with Gasteiger partial charge >= 0.3 is 18.1 Å². The van der Waals surface area contributed by atoms with Crippen LogP contribution in [0.25, 0.3) is 0 Å².